The molecule has 0 aromatic rings. The van der Waals surface area contributed by atoms with Crippen molar-refractivity contribution in [2.75, 3.05) is 25.4 Å². The molecule has 2 saturated heterocycles. The van der Waals surface area contributed by atoms with Gasteiger partial charge in [0.1, 0.15) is 0 Å². The molecule has 2 heterocycles. The van der Waals surface area contributed by atoms with Crippen LogP contribution in [0.25, 0.3) is 0 Å². The van der Waals surface area contributed by atoms with Gasteiger partial charge in [0, 0.05) is 30.0 Å². The lowest BCUT2D eigenvalue weighted by Gasteiger charge is -2.38. The quantitative estimate of drug-likeness (QED) is 0.835. The summed E-state index contributed by atoms with van der Waals surface area (Å²) < 4.78 is 0. The number of carbonyl (C=O) groups excluding carboxylic acids is 1. The van der Waals surface area contributed by atoms with E-state index in [1.165, 1.54) is 0 Å². The second-order valence-corrected chi connectivity index (χ2v) is 6.45. The van der Waals surface area contributed by atoms with Crippen molar-refractivity contribution in [2.45, 2.75) is 38.0 Å². The van der Waals surface area contributed by atoms with Crippen LogP contribution < -0.4 is 5.32 Å². The molecule has 0 aromatic heterocycles. The molecule has 1 amide bonds. The predicted octanol–water partition coefficient (Wildman–Crippen LogP) is 1.76. The minimum Gasteiger partial charge on any atom is -0.338 e. The third-order valence-corrected chi connectivity index (χ3v) is 5.17. The van der Waals surface area contributed by atoms with E-state index in [0.29, 0.717) is 23.1 Å². The molecule has 0 saturated carbocycles. The van der Waals surface area contributed by atoms with Crippen molar-refractivity contribution in [1.29, 1.82) is 0 Å². The molecule has 1 N–H and O–H groups in total. The first-order valence-corrected chi connectivity index (χ1v) is 7.35. The van der Waals surface area contributed by atoms with E-state index in [9.17, 15) is 4.79 Å². The molecule has 17 heavy (non-hydrogen) atoms. The third-order valence-electron chi connectivity index (χ3n) is 3.83. The smallest absolute Gasteiger partial charge is 0.223 e. The fraction of sp³-hybridized carbons (Fsp3) is 0.917. The molecule has 100 valence electrons. The number of thioether (sulfide) groups is 1. The molecule has 0 aliphatic carbocycles. The second kappa shape index (κ2) is 6.86. The molecular formula is C12H23ClN2OS. The maximum absolute atomic E-state index is 12.2. The first kappa shape index (κ1) is 15.1. The van der Waals surface area contributed by atoms with Crippen molar-refractivity contribution in [3.05, 3.63) is 0 Å². The minimum atomic E-state index is 0. The van der Waals surface area contributed by atoms with Crippen molar-refractivity contribution in [1.82, 2.24) is 10.2 Å². The lowest BCUT2D eigenvalue weighted by molar-refractivity contribution is -0.134. The molecule has 2 aliphatic heterocycles. The first-order chi connectivity index (χ1) is 7.68. The van der Waals surface area contributed by atoms with Crippen LogP contribution >= 0.6 is 24.2 Å². The van der Waals surface area contributed by atoms with Crippen LogP contribution in [0.2, 0.25) is 0 Å². The normalized spacial score (nSPS) is 33.3. The standard InChI is InChI=1S/C12H22N2OS.ClH/c1-9-10(2)16-6-5-14(9)12(15)7-11-3-4-13-8-11;/h9-11,13H,3-8H2,1-2H3;1H. The van der Waals surface area contributed by atoms with Gasteiger partial charge in [-0.2, -0.15) is 11.8 Å². The molecular weight excluding hydrogens is 256 g/mol. The largest absolute Gasteiger partial charge is 0.338 e. The van der Waals surface area contributed by atoms with Crippen molar-refractivity contribution in [3.63, 3.8) is 0 Å². The summed E-state index contributed by atoms with van der Waals surface area (Å²) in [5.74, 6) is 2.04. The molecule has 2 rings (SSSR count). The molecule has 0 spiro atoms. The van der Waals surface area contributed by atoms with Crippen LogP contribution in [0.4, 0.5) is 0 Å². The summed E-state index contributed by atoms with van der Waals surface area (Å²) >= 11 is 1.98. The highest BCUT2D eigenvalue weighted by molar-refractivity contribution is 8.00. The third kappa shape index (κ3) is 3.76. The zero-order chi connectivity index (χ0) is 11.5. The molecule has 2 fully saturated rings. The van der Waals surface area contributed by atoms with Gasteiger partial charge in [0.05, 0.1) is 0 Å². The number of nitrogens with one attached hydrogen (secondary N) is 1. The average molecular weight is 279 g/mol. The Bertz CT molecular complexity index is 259. The van der Waals surface area contributed by atoms with E-state index < -0.39 is 0 Å². The van der Waals surface area contributed by atoms with E-state index in [0.717, 1.165) is 38.2 Å². The van der Waals surface area contributed by atoms with E-state index in [4.69, 9.17) is 0 Å². The number of halogens is 1. The Labute approximate surface area is 114 Å². The van der Waals surface area contributed by atoms with E-state index >= 15 is 0 Å². The predicted molar refractivity (Wildman–Crippen MR) is 75.9 cm³/mol. The van der Waals surface area contributed by atoms with Crippen LogP contribution in [0.1, 0.15) is 26.7 Å². The summed E-state index contributed by atoms with van der Waals surface area (Å²) in [6.07, 6.45) is 1.91. The van der Waals surface area contributed by atoms with E-state index in [1.54, 1.807) is 0 Å². The summed E-state index contributed by atoms with van der Waals surface area (Å²) in [5, 5.41) is 3.91. The molecule has 2 aliphatic rings. The Balaban J connectivity index is 0.00000144. The average Bonchev–Trinajstić information content (AvgIpc) is 2.74. The van der Waals surface area contributed by atoms with E-state index in [-0.39, 0.29) is 12.4 Å². The Morgan fingerprint density at radius 2 is 2.24 bits per heavy atom. The summed E-state index contributed by atoms with van der Waals surface area (Å²) in [5.41, 5.74) is 0. The van der Waals surface area contributed by atoms with Gasteiger partial charge in [-0.15, -0.1) is 12.4 Å². The Morgan fingerprint density at radius 1 is 1.47 bits per heavy atom. The van der Waals surface area contributed by atoms with Gasteiger partial charge in [0.25, 0.3) is 0 Å². The lowest BCUT2D eigenvalue weighted by atomic mass is 10.0. The van der Waals surface area contributed by atoms with Crippen LogP contribution in [0.3, 0.4) is 0 Å². The Kier molecular flexibility index (Phi) is 6.10. The highest BCUT2D eigenvalue weighted by Gasteiger charge is 2.30. The van der Waals surface area contributed by atoms with Crippen molar-refractivity contribution < 1.29 is 4.79 Å². The molecule has 3 atom stereocenters. The summed E-state index contributed by atoms with van der Waals surface area (Å²) in [6, 6.07) is 0.403. The maximum atomic E-state index is 12.2. The SMILES string of the molecule is CC1SCCN(C(=O)CC2CCNC2)C1C.Cl. The van der Waals surface area contributed by atoms with Gasteiger partial charge < -0.3 is 10.2 Å². The van der Waals surface area contributed by atoms with Crippen LogP contribution in [-0.4, -0.2) is 47.5 Å². The molecule has 0 bridgehead atoms. The second-order valence-electron chi connectivity index (χ2n) is 4.97. The highest BCUT2D eigenvalue weighted by Crippen LogP contribution is 2.25. The van der Waals surface area contributed by atoms with Crippen molar-refractivity contribution in [3.8, 4) is 0 Å². The molecule has 5 heteroatoms. The van der Waals surface area contributed by atoms with Gasteiger partial charge in [-0.3, -0.25) is 4.79 Å². The number of hydrogen-bond donors (Lipinski definition) is 1. The summed E-state index contributed by atoms with van der Waals surface area (Å²) in [4.78, 5) is 14.3. The maximum Gasteiger partial charge on any atom is 0.223 e. The Morgan fingerprint density at radius 3 is 2.88 bits per heavy atom. The van der Waals surface area contributed by atoms with Crippen LogP contribution in [0, 0.1) is 5.92 Å². The van der Waals surface area contributed by atoms with Gasteiger partial charge in [-0.25, -0.2) is 0 Å². The number of hydrogen-bond acceptors (Lipinski definition) is 3. The first-order valence-electron chi connectivity index (χ1n) is 6.30. The number of amides is 1. The molecule has 3 nitrogen and oxygen atoms in total. The zero-order valence-corrected chi connectivity index (χ0v) is 12.3. The van der Waals surface area contributed by atoms with E-state index in [1.807, 2.05) is 11.8 Å². The monoisotopic (exact) mass is 278 g/mol. The van der Waals surface area contributed by atoms with Crippen molar-refractivity contribution in [2.24, 2.45) is 5.92 Å². The minimum absolute atomic E-state index is 0. The van der Waals surface area contributed by atoms with Gasteiger partial charge in [-0.1, -0.05) is 6.92 Å². The fourth-order valence-corrected chi connectivity index (χ4v) is 3.64. The number of carbonyl (C=O) groups is 1. The van der Waals surface area contributed by atoms with Gasteiger partial charge in [0.15, 0.2) is 0 Å². The molecule has 0 radical (unpaired) electrons. The highest BCUT2D eigenvalue weighted by atomic mass is 35.5. The van der Waals surface area contributed by atoms with E-state index in [2.05, 4.69) is 24.1 Å². The van der Waals surface area contributed by atoms with Gasteiger partial charge >= 0.3 is 0 Å². The summed E-state index contributed by atoms with van der Waals surface area (Å²) in [6.45, 7) is 7.46. The Hall–Kier alpha value is 0.0700. The topological polar surface area (TPSA) is 32.3 Å². The fourth-order valence-electron chi connectivity index (χ4n) is 2.54. The van der Waals surface area contributed by atoms with Gasteiger partial charge in [-0.05, 0) is 32.4 Å². The lowest BCUT2D eigenvalue weighted by Crippen LogP contribution is -2.48. The van der Waals surface area contributed by atoms with Crippen LogP contribution in [0.5, 0.6) is 0 Å². The molecule has 3 unspecified atom stereocenters. The van der Waals surface area contributed by atoms with Crippen LogP contribution in [0.15, 0.2) is 0 Å². The molecule has 0 aromatic carbocycles. The summed E-state index contributed by atoms with van der Waals surface area (Å²) in [7, 11) is 0. The zero-order valence-electron chi connectivity index (χ0n) is 10.6. The van der Waals surface area contributed by atoms with Gasteiger partial charge in [0.2, 0.25) is 5.91 Å². The number of rotatable bonds is 2. The number of nitrogens with zero attached hydrogens (tertiary/aromatic N) is 1. The van der Waals surface area contributed by atoms with Crippen molar-refractivity contribution >= 4 is 30.1 Å². The van der Waals surface area contributed by atoms with Crippen LogP contribution in [-0.2, 0) is 4.79 Å².